The SMILES string of the molecule is CC1(O)OCC(O)C1(C)C. The summed E-state index contributed by atoms with van der Waals surface area (Å²) in [4.78, 5) is 0. The molecule has 1 rings (SSSR count). The Labute approximate surface area is 60.6 Å². The van der Waals surface area contributed by atoms with Gasteiger partial charge in [-0.1, -0.05) is 13.8 Å². The summed E-state index contributed by atoms with van der Waals surface area (Å²) in [6.45, 7) is 5.36. The molecule has 10 heavy (non-hydrogen) atoms. The second kappa shape index (κ2) is 1.94. The van der Waals surface area contributed by atoms with Crippen LogP contribution in [0.1, 0.15) is 20.8 Å². The molecule has 1 aliphatic heterocycles. The van der Waals surface area contributed by atoms with E-state index < -0.39 is 17.3 Å². The van der Waals surface area contributed by atoms with Crippen molar-refractivity contribution in [3.05, 3.63) is 0 Å². The highest BCUT2D eigenvalue weighted by Crippen LogP contribution is 2.40. The van der Waals surface area contributed by atoms with Crippen LogP contribution in [0.3, 0.4) is 0 Å². The monoisotopic (exact) mass is 146 g/mol. The summed E-state index contributed by atoms with van der Waals surface area (Å²) in [6.07, 6.45) is -0.567. The van der Waals surface area contributed by atoms with Crippen LogP contribution >= 0.6 is 0 Å². The highest BCUT2D eigenvalue weighted by molar-refractivity contribution is 4.93. The standard InChI is InChI=1S/C7H14O3/c1-6(2)5(8)4-10-7(6,3)9/h5,8-9H,4H2,1-3H3. The van der Waals surface area contributed by atoms with Gasteiger partial charge in [0.1, 0.15) is 0 Å². The van der Waals surface area contributed by atoms with Crippen LogP contribution in [0.25, 0.3) is 0 Å². The molecule has 0 aromatic rings. The molecule has 0 radical (unpaired) electrons. The van der Waals surface area contributed by atoms with Gasteiger partial charge in [0.05, 0.1) is 12.7 Å². The van der Waals surface area contributed by atoms with Gasteiger partial charge in [-0.15, -0.1) is 0 Å². The van der Waals surface area contributed by atoms with E-state index in [2.05, 4.69) is 0 Å². The van der Waals surface area contributed by atoms with Gasteiger partial charge in [0.15, 0.2) is 5.79 Å². The minimum Gasteiger partial charge on any atom is -0.390 e. The number of aliphatic hydroxyl groups is 2. The molecule has 1 heterocycles. The largest absolute Gasteiger partial charge is 0.390 e. The molecular weight excluding hydrogens is 132 g/mol. The maximum absolute atomic E-state index is 9.51. The Bertz CT molecular complexity index is 140. The van der Waals surface area contributed by atoms with E-state index in [1.165, 1.54) is 0 Å². The Morgan fingerprint density at radius 1 is 1.40 bits per heavy atom. The zero-order chi connectivity index (χ0) is 7.99. The number of hydrogen-bond donors (Lipinski definition) is 2. The molecular formula is C7H14O3. The smallest absolute Gasteiger partial charge is 0.170 e. The summed E-state index contributed by atoms with van der Waals surface area (Å²) in [6, 6.07) is 0. The van der Waals surface area contributed by atoms with Gasteiger partial charge < -0.3 is 14.9 Å². The van der Waals surface area contributed by atoms with E-state index in [1.54, 1.807) is 20.8 Å². The number of aliphatic hydroxyl groups excluding tert-OH is 1. The molecule has 0 aromatic heterocycles. The maximum atomic E-state index is 9.51. The minimum atomic E-state index is -1.19. The first-order valence-electron chi connectivity index (χ1n) is 3.42. The van der Waals surface area contributed by atoms with Crippen molar-refractivity contribution in [1.29, 1.82) is 0 Å². The first-order chi connectivity index (χ1) is 4.38. The van der Waals surface area contributed by atoms with Crippen LogP contribution in [0.2, 0.25) is 0 Å². The third-order valence-corrected chi connectivity index (χ3v) is 2.55. The number of hydrogen-bond acceptors (Lipinski definition) is 3. The summed E-state index contributed by atoms with van der Waals surface area (Å²) >= 11 is 0. The van der Waals surface area contributed by atoms with Crippen molar-refractivity contribution >= 4 is 0 Å². The summed E-state index contributed by atoms with van der Waals surface area (Å²) in [5.41, 5.74) is -0.562. The molecule has 2 unspecified atom stereocenters. The lowest BCUT2D eigenvalue weighted by atomic mass is 9.81. The predicted molar refractivity (Wildman–Crippen MR) is 36.4 cm³/mol. The van der Waals surface area contributed by atoms with Crippen LogP contribution in [-0.4, -0.2) is 28.7 Å². The molecule has 0 aromatic carbocycles. The molecule has 2 atom stereocenters. The highest BCUT2D eigenvalue weighted by atomic mass is 16.6. The van der Waals surface area contributed by atoms with Crippen LogP contribution in [0, 0.1) is 5.41 Å². The average molecular weight is 146 g/mol. The van der Waals surface area contributed by atoms with Crippen LogP contribution < -0.4 is 0 Å². The zero-order valence-electron chi connectivity index (χ0n) is 6.59. The Balaban J connectivity index is 2.84. The molecule has 3 nitrogen and oxygen atoms in total. The third-order valence-electron chi connectivity index (χ3n) is 2.55. The van der Waals surface area contributed by atoms with Gasteiger partial charge in [-0.2, -0.15) is 0 Å². The van der Waals surface area contributed by atoms with Gasteiger partial charge in [-0.3, -0.25) is 0 Å². The summed E-state index contributed by atoms with van der Waals surface area (Å²) < 4.78 is 4.97. The molecule has 2 N–H and O–H groups in total. The van der Waals surface area contributed by atoms with Crippen molar-refractivity contribution < 1.29 is 14.9 Å². The lowest BCUT2D eigenvalue weighted by molar-refractivity contribution is -0.207. The molecule has 0 aliphatic carbocycles. The Morgan fingerprint density at radius 3 is 2.00 bits per heavy atom. The summed E-state index contributed by atoms with van der Waals surface area (Å²) in [5, 5.41) is 18.8. The van der Waals surface area contributed by atoms with E-state index in [4.69, 9.17) is 4.74 Å². The van der Waals surface area contributed by atoms with Gasteiger partial charge in [0, 0.05) is 5.41 Å². The van der Waals surface area contributed by atoms with Gasteiger partial charge >= 0.3 is 0 Å². The predicted octanol–water partition coefficient (Wildman–Crippen LogP) is 0.112. The lowest BCUT2D eigenvalue weighted by Crippen LogP contribution is -2.42. The minimum absolute atomic E-state index is 0.222. The van der Waals surface area contributed by atoms with Crippen LogP contribution in [0.4, 0.5) is 0 Å². The van der Waals surface area contributed by atoms with Crippen molar-refractivity contribution in [1.82, 2.24) is 0 Å². The first kappa shape index (κ1) is 7.98. The zero-order valence-corrected chi connectivity index (χ0v) is 6.59. The Kier molecular flexibility index (Phi) is 1.54. The van der Waals surface area contributed by atoms with E-state index in [-0.39, 0.29) is 6.61 Å². The van der Waals surface area contributed by atoms with Crippen molar-refractivity contribution in [2.45, 2.75) is 32.7 Å². The summed E-state index contributed by atoms with van der Waals surface area (Å²) in [7, 11) is 0. The fourth-order valence-corrected chi connectivity index (χ4v) is 0.945. The fourth-order valence-electron chi connectivity index (χ4n) is 0.945. The highest BCUT2D eigenvalue weighted by Gasteiger charge is 2.51. The number of ether oxygens (including phenoxy) is 1. The van der Waals surface area contributed by atoms with Gasteiger partial charge in [-0.05, 0) is 6.92 Å². The second-order valence-electron chi connectivity index (χ2n) is 3.53. The molecule has 0 saturated carbocycles. The molecule has 1 fully saturated rings. The van der Waals surface area contributed by atoms with Crippen LogP contribution in [0.5, 0.6) is 0 Å². The Morgan fingerprint density at radius 2 is 1.90 bits per heavy atom. The maximum Gasteiger partial charge on any atom is 0.170 e. The van der Waals surface area contributed by atoms with Gasteiger partial charge in [0.2, 0.25) is 0 Å². The van der Waals surface area contributed by atoms with E-state index in [9.17, 15) is 10.2 Å². The second-order valence-corrected chi connectivity index (χ2v) is 3.53. The van der Waals surface area contributed by atoms with Crippen molar-refractivity contribution in [2.75, 3.05) is 6.61 Å². The molecule has 3 heteroatoms. The molecule has 1 aliphatic rings. The normalized spacial score (nSPS) is 45.9. The topological polar surface area (TPSA) is 49.7 Å². The van der Waals surface area contributed by atoms with Crippen molar-refractivity contribution in [3.8, 4) is 0 Å². The lowest BCUT2D eigenvalue weighted by Gasteiger charge is -2.32. The molecule has 0 amide bonds. The van der Waals surface area contributed by atoms with Gasteiger partial charge in [-0.25, -0.2) is 0 Å². The molecule has 60 valence electrons. The first-order valence-corrected chi connectivity index (χ1v) is 3.42. The average Bonchev–Trinajstić information content (AvgIpc) is 1.94. The molecule has 0 bridgehead atoms. The van der Waals surface area contributed by atoms with Crippen LogP contribution in [0.15, 0.2) is 0 Å². The van der Waals surface area contributed by atoms with Crippen LogP contribution in [-0.2, 0) is 4.74 Å². The fraction of sp³-hybridized carbons (Fsp3) is 1.00. The van der Waals surface area contributed by atoms with E-state index in [1.807, 2.05) is 0 Å². The quantitative estimate of drug-likeness (QED) is 0.510. The molecule has 1 saturated heterocycles. The van der Waals surface area contributed by atoms with E-state index >= 15 is 0 Å². The Hall–Kier alpha value is -0.120. The van der Waals surface area contributed by atoms with Crippen molar-refractivity contribution in [3.63, 3.8) is 0 Å². The van der Waals surface area contributed by atoms with Crippen molar-refractivity contribution in [2.24, 2.45) is 5.41 Å². The van der Waals surface area contributed by atoms with E-state index in [0.717, 1.165) is 0 Å². The van der Waals surface area contributed by atoms with E-state index in [0.29, 0.717) is 0 Å². The van der Waals surface area contributed by atoms with Gasteiger partial charge in [0.25, 0.3) is 0 Å². The molecule has 0 spiro atoms. The third kappa shape index (κ3) is 0.856. The summed E-state index contributed by atoms with van der Waals surface area (Å²) in [5.74, 6) is -1.19. The number of rotatable bonds is 0.